The Bertz CT molecular complexity index is 1020. The van der Waals surface area contributed by atoms with Gasteiger partial charge in [0, 0.05) is 25.6 Å². The van der Waals surface area contributed by atoms with Gasteiger partial charge >= 0.3 is 6.09 Å². The topological polar surface area (TPSA) is 84.9 Å². The molecule has 1 amide bonds. The van der Waals surface area contributed by atoms with Crippen LogP contribution in [0.4, 0.5) is 4.79 Å². The van der Waals surface area contributed by atoms with Gasteiger partial charge in [-0.05, 0) is 36.0 Å². The van der Waals surface area contributed by atoms with Crippen LogP contribution in [-0.4, -0.2) is 63.6 Å². The highest BCUT2D eigenvalue weighted by atomic mass is 32.2. The summed E-state index contributed by atoms with van der Waals surface area (Å²) in [5, 5.41) is 0. The van der Waals surface area contributed by atoms with Gasteiger partial charge in [0.05, 0.1) is 18.4 Å². The van der Waals surface area contributed by atoms with Crippen molar-refractivity contribution in [1.29, 1.82) is 0 Å². The summed E-state index contributed by atoms with van der Waals surface area (Å²) in [5.74, 6) is 0. The van der Waals surface area contributed by atoms with E-state index in [2.05, 4.69) is 29.0 Å². The van der Waals surface area contributed by atoms with E-state index in [-0.39, 0.29) is 24.8 Å². The summed E-state index contributed by atoms with van der Waals surface area (Å²) in [5.41, 5.74) is 3.24. The van der Waals surface area contributed by atoms with Gasteiger partial charge in [-0.25, -0.2) is 17.9 Å². The second kappa shape index (κ2) is 10.0. The average Bonchev–Trinajstić information content (AvgIpc) is 2.73. The zero-order valence-corrected chi connectivity index (χ0v) is 19.1. The highest BCUT2D eigenvalue weighted by molar-refractivity contribution is 7.88. The highest BCUT2D eigenvalue weighted by Gasteiger charge is 2.37. The average molecular weight is 459 g/mol. The number of rotatable bonds is 7. The fraction of sp³-hybridized carbons (Fsp3) is 0.458. The van der Waals surface area contributed by atoms with Crippen molar-refractivity contribution in [3.63, 3.8) is 0 Å². The number of piperidine rings is 1. The summed E-state index contributed by atoms with van der Waals surface area (Å²) in [6, 6.07) is 17.6. The van der Waals surface area contributed by atoms with Crippen molar-refractivity contribution in [2.75, 3.05) is 26.0 Å². The lowest BCUT2D eigenvalue weighted by molar-refractivity contribution is -0.0844. The Morgan fingerprint density at radius 3 is 2.56 bits per heavy atom. The first-order valence-electron chi connectivity index (χ1n) is 11.1. The lowest BCUT2D eigenvalue weighted by atomic mass is 9.90. The van der Waals surface area contributed by atoms with E-state index in [1.54, 1.807) is 4.90 Å². The fourth-order valence-corrected chi connectivity index (χ4v) is 5.19. The summed E-state index contributed by atoms with van der Waals surface area (Å²) in [4.78, 5) is 14.6. The molecule has 2 aliphatic rings. The second-order valence-corrected chi connectivity index (χ2v) is 10.3. The molecule has 0 spiro atoms. The van der Waals surface area contributed by atoms with Crippen LogP contribution in [0.3, 0.4) is 0 Å². The van der Waals surface area contributed by atoms with Crippen LogP contribution >= 0.6 is 0 Å². The fourth-order valence-electron chi connectivity index (χ4n) is 4.36. The van der Waals surface area contributed by atoms with Crippen LogP contribution < -0.4 is 4.72 Å². The van der Waals surface area contributed by atoms with E-state index in [4.69, 9.17) is 9.47 Å². The molecule has 0 radical (unpaired) electrons. The molecule has 1 N–H and O–H groups in total. The predicted molar refractivity (Wildman–Crippen MR) is 123 cm³/mol. The van der Waals surface area contributed by atoms with Gasteiger partial charge in [-0.3, -0.25) is 0 Å². The molecule has 2 aromatic rings. The zero-order chi connectivity index (χ0) is 22.6. The minimum Gasteiger partial charge on any atom is -0.447 e. The Hall–Kier alpha value is -2.42. The quantitative estimate of drug-likeness (QED) is 0.689. The Morgan fingerprint density at radius 1 is 1.12 bits per heavy atom. The minimum absolute atomic E-state index is 0.0327. The van der Waals surface area contributed by atoms with Crippen molar-refractivity contribution in [3.05, 3.63) is 60.2 Å². The van der Waals surface area contributed by atoms with E-state index >= 15 is 0 Å². The molecule has 3 unspecified atom stereocenters. The number of nitrogens with zero attached hydrogens (tertiary/aromatic N) is 1. The van der Waals surface area contributed by atoms with E-state index in [9.17, 15) is 13.2 Å². The molecule has 7 nitrogen and oxygen atoms in total. The largest absolute Gasteiger partial charge is 0.447 e. The molecular formula is C24H30N2O5S. The smallest absolute Gasteiger partial charge is 0.410 e. The van der Waals surface area contributed by atoms with Gasteiger partial charge in [-0.1, -0.05) is 54.6 Å². The minimum atomic E-state index is -3.42. The maximum atomic E-state index is 12.9. The van der Waals surface area contributed by atoms with Gasteiger partial charge in [0.25, 0.3) is 0 Å². The van der Waals surface area contributed by atoms with Crippen LogP contribution in [0.15, 0.2) is 54.6 Å². The first kappa shape index (κ1) is 22.8. The number of carbonyl (C=O) groups is 1. The highest BCUT2D eigenvalue weighted by Crippen LogP contribution is 2.26. The van der Waals surface area contributed by atoms with Crippen LogP contribution in [0.2, 0.25) is 0 Å². The molecule has 32 heavy (non-hydrogen) atoms. The van der Waals surface area contributed by atoms with Gasteiger partial charge in [-0.2, -0.15) is 0 Å². The van der Waals surface area contributed by atoms with Gasteiger partial charge < -0.3 is 14.4 Å². The van der Waals surface area contributed by atoms with E-state index in [1.807, 2.05) is 30.3 Å². The van der Waals surface area contributed by atoms with Crippen LogP contribution in [0.5, 0.6) is 0 Å². The number of nitrogens with one attached hydrogen (secondary N) is 1. The number of amides is 1. The molecule has 0 aliphatic carbocycles. The maximum absolute atomic E-state index is 12.9. The molecule has 2 saturated heterocycles. The molecule has 172 valence electrons. The summed E-state index contributed by atoms with van der Waals surface area (Å²) in [7, 11) is -3.42. The first-order valence-corrected chi connectivity index (χ1v) is 12.9. The molecule has 2 aliphatic heterocycles. The van der Waals surface area contributed by atoms with Crippen LogP contribution in [-0.2, 0) is 25.9 Å². The van der Waals surface area contributed by atoms with E-state index < -0.39 is 16.1 Å². The molecule has 2 aromatic carbocycles. The van der Waals surface area contributed by atoms with Gasteiger partial charge in [0.15, 0.2) is 0 Å². The Labute approximate surface area is 189 Å². The Balaban J connectivity index is 1.55. The van der Waals surface area contributed by atoms with E-state index in [0.29, 0.717) is 32.4 Å². The molecule has 2 fully saturated rings. The second-order valence-electron chi connectivity index (χ2n) is 8.53. The Morgan fingerprint density at radius 2 is 1.88 bits per heavy atom. The van der Waals surface area contributed by atoms with Gasteiger partial charge in [-0.15, -0.1) is 0 Å². The number of benzene rings is 2. The molecular weight excluding hydrogens is 428 g/mol. The number of ether oxygens (including phenoxy) is 2. The summed E-state index contributed by atoms with van der Waals surface area (Å²) in [6.07, 6.45) is 3.52. The molecule has 0 saturated carbocycles. The standard InChI is InChI=1S/C24H30N2O5S/c1-32(28,29)25-22-11-6-13-26(24(27)31-17-21-12-14-30-21)23(22)16-18-7-5-10-20(15-18)19-8-3-2-4-9-19/h2-5,7-10,15,21-23,25H,6,11-14,16-17H2,1H3. The molecule has 0 bridgehead atoms. The summed E-state index contributed by atoms with van der Waals surface area (Å²) < 4.78 is 37.6. The Kier molecular flexibility index (Phi) is 7.13. The first-order chi connectivity index (χ1) is 15.4. The number of carbonyl (C=O) groups excluding carboxylic acids is 1. The lowest BCUT2D eigenvalue weighted by Crippen LogP contribution is -2.58. The van der Waals surface area contributed by atoms with Crippen molar-refractivity contribution in [1.82, 2.24) is 9.62 Å². The van der Waals surface area contributed by atoms with Gasteiger partial charge in [0.2, 0.25) is 10.0 Å². The molecule has 0 aromatic heterocycles. The van der Waals surface area contributed by atoms with Crippen molar-refractivity contribution < 1.29 is 22.7 Å². The van der Waals surface area contributed by atoms with E-state index in [1.165, 1.54) is 0 Å². The predicted octanol–water partition coefficient (Wildman–Crippen LogP) is 3.20. The number of hydrogen-bond acceptors (Lipinski definition) is 5. The summed E-state index contributed by atoms with van der Waals surface area (Å²) in [6.45, 7) is 1.47. The normalized spacial score (nSPS) is 23.4. The SMILES string of the molecule is CS(=O)(=O)NC1CCCN(C(=O)OCC2CCO2)C1Cc1cccc(-c2ccccc2)c1. The molecule has 2 heterocycles. The van der Waals surface area contributed by atoms with E-state index in [0.717, 1.165) is 29.4 Å². The monoisotopic (exact) mass is 458 g/mol. The maximum Gasteiger partial charge on any atom is 0.410 e. The van der Waals surface area contributed by atoms with Crippen LogP contribution in [0.1, 0.15) is 24.8 Å². The number of hydrogen-bond donors (Lipinski definition) is 1. The van der Waals surface area contributed by atoms with Crippen molar-refractivity contribution in [2.45, 2.75) is 43.9 Å². The molecule has 8 heteroatoms. The van der Waals surface area contributed by atoms with Gasteiger partial charge in [0.1, 0.15) is 6.61 Å². The molecule has 4 rings (SSSR count). The number of sulfonamides is 1. The third-order valence-electron chi connectivity index (χ3n) is 6.04. The molecule has 3 atom stereocenters. The van der Waals surface area contributed by atoms with Crippen molar-refractivity contribution in [3.8, 4) is 11.1 Å². The third-order valence-corrected chi connectivity index (χ3v) is 6.77. The van der Waals surface area contributed by atoms with Crippen LogP contribution in [0, 0.1) is 0 Å². The summed E-state index contributed by atoms with van der Waals surface area (Å²) >= 11 is 0. The number of likely N-dealkylation sites (tertiary alicyclic amines) is 1. The van der Waals surface area contributed by atoms with Crippen molar-refractivity contribution in [2.24, 2.45) is 0 Å². The zero-order valence-electron chi connectivity index (χ0n) is 18.3. The third kappa shape index (κ3) is 5.88. The van der Waals surface area contributed by atoms with Crippen LogP contribution in [0.25, 0.3) is 11.1 Å². The lowest BCUT2D eigenvalue weighted by Gasteiger charge is -2.41. The van der Waals surface area contributed by atoms with Crippen molar-refractivity contribution >= 4 is 16.1 Å².